The van der Waals surface area contributed by atoms with E-state index in [1.165, 1.54) is 23.5 Å². The Bertz CT molecular complexity index is 454. The van der Waals surface area contributed by atoms with Crippen molar-refractivity contribution in [1.29, 1.82) is 0 Å². The molecule has 1 heterocycles. The van der Waals surface area contributed by atoms with Crippen molar-refractivity contribution in [1.82, 2.24) is 10.2 Å². The van der Waals surface area contributed by atoms with Crippen molar-refractivity contribution in [3.63, 3.8) is 0 Å². The molecule has 7 heteroatoms. The predicted molar refractivity (Wildman–Crippen MR) is 55.5 cm³/mol. The Morgan fingerprint density at radius 1 is 1.27 bits per heavy atom. The average Bonchev–Trinajstić information content (AvgIpc) is 2.65. The number of nitrogens with two attached hydrogens (primary N) is 1. The second kappa shape index (κ2) is 3.91. The van der Waals surface area contributed by atoms with Crippen LogP contribution in [0.2, 0.25) is 0 Å². The molecule has 2 rings (SSSR count). The highest BCUT2D eigenvalue weighted by atomic mass is 32.1. The molecule has 6 nitrogen and oxygen atoms in total. The first-order valence-electron chi connectivity index (χ1n) is 4.09. The topological polar surface area (TPSA) is 99.5 Å². The van der Waals surface area contributed by atoms with Crippen molar-refractivity contribution in [3.8, 4) is 10.6 Å². The maximum Gasteiger partial charge on any atom is 0.203 e. The summed E-state index contributed by atoms with van der Waals surface area (Å²) in [5.74, 6) is 0. The minimum Gasteiger partial charge on any atom is -0.595 e. The number of aromatic nitrogens is 2. The smallest absolute Gasteiger partial charge is 0.203 e. The summed E-state index contributed by atoms with van der Waals surface area (Å²) in [5.41, 5.74) is 6.51. The summed E-state index contributed by atoms with van der Waals surface area (Å²) in [6.45, 7) is 0. The molecular formula is C8H8N4O2S. The van der Waals surface area contributed by atoms with Gasteiger partial charge in [-0.25, -0.2) is 5.21 Å². The molecule has 0 radical (unpaired) electrons. The van der Waals surface area contributed by atoms with Gasteiger partial charge in [0.05, 0.1) is 0 Å². The Balaban J connectivity index is 2.31. The Morgan fingerprint density at radius 2 is 1.93 bits per heavy atom. The van der Waals surface area contributed by atoms with Crippen molar-refractivity contribution in [2.45, 2.75) is 0 Å². The number of hydrogen-bond donors (Lipinski definition) is 3. The number of nitrogens with zero attached hydrogens (tertiary/aromatic N) is 2. The van der Waals surface area contributed by atoms with Gasteiger partial charge in [0.15, 0.2) is 5.69 Å². The van der Waals surface area contributed by atoms with Gasteiger partial charge in [-0.2, -0.15) is 5.23 Å². The molecule has 4 N–H and O–H groups in total. The summed E-state index contributed by atoms with van der Waals surface area (Å²) >= 11 is 1.26. The number of quaternary nitrogens is 1. The van der Waals surface area contributed by atoms with Gasteiger partial charge in [0.2, 0.25) is 5.13 Å². The molecule has 1 unspecified atom stereocenters. The molecule has 0 aliphatic rings. The van der Waals surface area contributed by atoms with Crippen molar-refractivity contribution in [2.75, 3.05) is 5.73 Å². The number of nitrogens with one attached hydrogen (secondary N) is 1. The van der Waals surface area contributed by atoms with Gasteiger partial charge in [0.1, 0.15) is 5.01 Å². The Kier molecular flexibility index (Phi) is 2.60. The lowest BCUT2D eigenvalue weighted by Crippen LogP contribution is -2.99. The molecule has 0 amide bonds. The molecular weight excluding hydrogens is 216 g/mol. The van der Waals surface area contributed by atoms with Crippen LogP contribution >= 0.6 is 11.3 Å². The minimum atomic E-state index is -0.946. The van der Waals surface area contributed by atoms with Gasteiger partial charge in [0.25, 0.3) is 0 Å². The van der Waals surface area contributed by atoms with Gasteiger partial charge in [-0.05, 0) is 12.1 Å². The second-order valence-corrected chi connectivity index (χ2v) is 3.84. The van der Waals surface area contributed by atoms with E-state index in [1.54, 1.807) is 12.1 Å². The average molecular weight is 224 g/mol. The van der Waals surface area contributed by atoms with Crippen molar-refractivity contribution < 1.29 is 10.4 Å². The van der Waals surface area contributed by atoms with Crippen LogP contribution in [0.4, 0.5) is 10.8 Å². The highest BCUT2D eigenvalue weighted by Crippen LogP contribution is 2.24. The van der Waals surface area contributed by atoms with Gasteiger partial charge in [0, 0.05) is 17.7 Å². The third-order valence-corrected chi connectivity index (χ3v) is 2.62. The molecule has 2 aromatic rings. The maximum absolute atomic E-state index is 10.6. The molecule has 78 valence electrons. The summed E-state index contributed by atoms with van der Waals surface area (Å²) in [4.78, 5) is 0. The predicted octanol–water partition coefficient (Wildman–Crippen LogP) is 0.191. The van der Waals surface area contributed by atoms with E-state index < -0.39 is 5.23 Å². The number of hydrogen-bond acceptors (Lipinski definition) is 6. The molecule has 0 aliphatic carbocycles. The molecule has 0 spiro atoms. The zero-order valence-electron chi connectivity index (χ0n) is 7.54. The first-order chi connectivity index (χ1) is 7.16. The molecule has 15 heavy (non-hydrogen) atoms. The molecule has 0 saturated carbocycles. The molecule has 0 bridgehead atoms. The fourth-order valence-corrected chi connectivity index (χ4v) is 1.72. The molecule has 1 aromatic carbocycles. The first kappa shape index (κ1) is 9.99. The number of nitrogen functional groups attached to an aromatic ring is 1. The van der Waals surface area contributed by atoms with E-state index in [1.807, 2.05) is 0 Å². The zero-order valence-corrected chi connectivity index (χ0v) is 8.36. The molecule has 0 saturated heterocycles. The van der Waals surface area contributed by atoms with Crippen LogP contribution in [0.1, 0.15) is 0 Å². The van der Waals surface area contributed by atoms with E-state index >= 15 is 0 Å². The first-order valence-corrected chi connectivity index (χ1v) is 4.91. The lowest BCUT2D eigenvalue weighted by Gasteiger charge is -2.10. The van der Waals surface area contributed by atoms with E-state index in [0.717, 1.165) is 5.56 Å². The normalized spacial score (nSPS) is 12.7. The molecule has 1 aromatic heterocycles. The largest absolute Gasteiger partial charge is 0.595 e. The highest BCUT2D eigenvalue weighted by molar-refractivity contribution is 7.18. The van der Waals surface area contributed by atoms with Crippen LogP contribution in [0.25, 0.3) is 10.6 Å². The quantitative estimate of drug-likeness (QED) is 0.632. The van der Waals surface area contributed by atoms with Crippen molar-refractivity contribution in [2.24, 2.45) is 0 Å². The minimum absolute atomic E-state index is 0.247. The van der Waals surface area contributed by atoms with E-state index in [9.17, 15) is 5.21 Å². The Labute approximate surface area is 89.1 Å². The summed E-state index contributed by atoms with van der Waals surface area (Å²) < 4.78 is 0. The van der Waals surface area contributed by atoms with Crippen LogP contribution in [0.5, 0.6) is 0 Å². The van der Waals surface area contributed by atoms with Gasteiger partial charge in [-0.3, -0.25) is 0 Å². The van der Waals surface area contributed by atoms with Gasteiger partial charge >= 0.3 is 0 Å². The third-order valence-electron chi connectivity index (χ3n) is 1.82. The third kappa shape index (κ3) is 2.10. The molecule has 0 fully saturated rings. The van der Waals surface area contributed by atoms with E-state index in [4.69, 9.17) is 10.9 Å². The SMILES string of the molecule is Nc1nnc(-c2ccc([NH+]([O-])O)cc2)s1. The standard InChI is InChI=1S/C8H8N4O2S/c9-8-11-10-7(15-8)5-1-3-6(4-2-5)12(13)14/h1-4,12-13H,(H2,9,11). The molecule has 1 atom stereocenters. The summed E-state index contributed by atoms with van der Waals surface area (Å²) in [6.07, 6.45) is 0. The number of anilines is 1. The Hall–Kier alpha value is -1.54. The van der Waals surface area contributed by atoms with Crippen LogP contribution in [-0.2, 0) is 0 Å². The second-order valence-electron chi connectivity index (χ2n) is 2.83. The summed E-state index contributed by atoms with van der Waals surface area (Å²) in [7, 11) is 0. The van der Waals surface area contributed by atoms with Crippen LogP contribution in [0.15, 0.2) is 24.3 Å². The van der Waals surface area contributed by atoms with Gasteiger partial charge in [-0.1, -0.05) is 11.3 Å². The fourth-order valence-electron chi connectivity index (χ4n) is 1.11. The van der Waals surface area contributed by atoms with Crippen LogP contribution < -0.4 is 11.0 Å². The number of benzene rings is 1. The Morgan fingerprint density at radius 3 is 2.40 bits per heavy atom. The van der Waals surface area contributed by atoms with Crippen LogP contribution in [-0.4, -0.2) is 15.4 Å². The number of rotatable bonds is 2. The van der Waals surface area contributed by atoms with Crippen molar-refractivity contribution in [3.05, 3.63) is 29.5 Å². The van der Waals surface area contributed by atoms with E-state index in [2.05, 4.69) is 10.2 Å². The zero-order chi connectivity index (χ0) is 10.8. The van der Waals surface area contributed by atoms with Crippen molar-refractivity contribution >= 4 is 22.2 Å². The van der Waals surface area contributed by atoms with Crippen LogP contribution in [0.3, 0.4) is 0 Å². The maximum atomic E-state index is 10.6. The fraction of sp³-hybridized carbons (Fsp3) is 0. The lowest BCUT2D eigenvalue weighted by molar-refractivity contribution is -0.991. The summed E-state index contributed by atoms with van der Waals surface area (Å²) in [5, 5.41) is 27.0. The monoisotopic (exact) mass is 224 g/mol. The van der Waals surface area contributed by atoms with E-state index in [0.29, 0.717) is 10.1 Å². The summed E-state index contributed by atoms with van der Waals surface area (Å²) in [6, 6.07) is 6.41. The highest BCUT2D eigenvalue weighted by Gasteiger charge is 2.05. The lowest BCUT2D eigenvalue weighted by atomic mass is 10.2. The van der Waals surface area contributed by atoms with Gasteiger partial charge < -0.3 is 10.9 Å². The van der Waals surface area contributed by atoms with Gasteiger partial charge in [-0.15, -0.1) is 10.2 Å². The molecule has 0 aliphatic heterocycles. The van der Waals surface area contributed by atoms with Crippen LogP contribution in [0, 0.1) is 5.21 Å². The van der Waals surface area contributed by atoms with E-state index in [-0.39, 0.29) is 5.69 Å².